The van der Waals surface area contributed by atoms with Gasteiger partial charge in [-0.15, -0.1) is 21.5 Å². The molecular formula is C25H26N4O3S2. The van der Waals surface area contributed by atoms with Gasteiger partial charge in [0.25, 0.3) is 0 Å². The van der Waals surface area contributed by atoms with Crippen LogP contribution in [0.4, 0.5) is 5.69 Å². The molecule has 176 valence electrons. The number of thioether (sulfide) groups is 1. The number of hydrogen-bond acceptors (Lipinski definition) is 7. The number of carbonyl (C=O) groups is 1. The standard InChI is InChI=1S/C25H26N4O3S2/c1-4-15-5-8-21-16(9-15)10-22(34-21)24-27-28-25(29(24)3)33-13-17-11-23(31)32-20-12-18(26-14(2)30)6-7-19(17)20/h6-7,10-12,15H,4-5,8-9,13H2,1-3H3,(H,26,30)/t15-/m0/s1. The lowest BCUT2D eigenvalue weighted by Gasteiger charge is -2.19. The lowest BCUT2D eigenvalue weighted by molar-refractivity contribution is -0.114. The molecule has 0 bridgehead atoms. The van der Waals surface area contributed by atoms with E-state index >= 15 is 0 Å². The van der Waals surface area contributed by atoms with Crippen LogP contribution in [0, 0.1) is 5.92 Å². The summed E-state index contributed by atoms with van der Waals surface area (Å²) in [5.74, 6) is 2.04. The van der Waals surface area contributed by atoms with Crippen molar-refractivity contribution in [3.05, 3.63) is 56.8 Å². The first-order valence-corrected chi connectivity index (χ1v) is 13.2. The maximum absolute atomic E-state index is 12.2. The lowest BCUT2D eigenvalue weighted by atomic mass is 9.87. The van der Waals surface area contributed by atoms with Crippen LogP contribution in [0.3, 0.4) is 0 Å². The van der Waals surface area contributed by atoms with Crippen LogP contribution in [0.25, 0.3) is 21.7 Å². The van der Waals surface area contributed by atoms with E-state index in [9.17, 15) is 9.59 Å². The molecule has 0 saturated heterocycles. The molecule has 0 spiro atoms. The monoisotopic (exact) mass is 494 g/mol. The van der Waals surface area contributed by atoms with Gasteiger partial charge in [-0.1, -0.05) is 25.1 Å². The fourth-order valence-electron chi connectivity index (χ4n) is 4.49. The van der Waals surface area contributed by atoms with Gasteiger partial charge < -0.3 is 14.3 Å². The van der Waals surface area contributed by atoms with E-state index in [1.807, 2.05) is 29.0 Å². The number of fused-ring (bicyclic) bond motifs is 2. The van der Waals surface area contributed by atoms with E-state index in [1.165, 1.54) is 52.9 Å². The Morgan fingerprint density at radius 3 is 2.94 bits per heavy atom. The van der Waals surface area contributed by atoms with Crippen molar-refractivity contribution >= 4 is 45.7 Å². The number of nitrogens with zero attached hydrogens (tertiary/aromatic N) is 3. The molecule has 5 rings (SSSR count). The number of nitrogens with one attached hydrogen (secondary N) is 1. The van der Waals surface area contributed by atoms with Gasteiger partial charge >= 0.3 is 5.63 Å². The van der Waals surface area contributed by atoms with Crippen LogP contribution in [0.1, 0.15) is 42.7 Å². The van der Waals surface area contributed by atoms with Crippen LogP contribution >= 0.6 is 23.1 Å². The summed E-state index contributed by atoms with van der Waals surface area (Å²) >= 11 is 3.37. The summed E-state index contributed by atoms with van der Waals surface area (Å²) in [7, 11) is 1.99. The Labute approximate surface area is 205 Å². The van der Waals surface area contributed by atoms with E-state index in [1.54, 1.807) is 12.1 Å². The SMILES string of the molecule is CC[C@H]1CCc2sc(-c3nnc(SCc4cc(=O)oc5cc(NC(C)=O)ccc45)n3C)cc2C1. The molecule has 0 unspecified atom stereocenters. The molecule has 0 aliphatic heterocycles. The maximum Gasteiger partial charge on any atom is 0.336 e. The molecular weight excluding hydrogens is 468 g/mol. The molecule has 1 aromatic carbocycles. The highest BCUT2D eigenvalue weighted by Crippen LogP contribution is 2.38. The Balaban J connectivity index is 1.37. The van der Waals surface area contributed by atoms with Gasteiger partial charge in [-0.05, 0) is 54.5 Å². The van der Waals surface area contributed by atoms with Gasteiger partial charge in [0.15, 0.2) is 11.0 Å². The number of hydrogen-bond donors (Lipinski definition) is 1. The fourth-order valence-corrected chi connectivity index (χ4v) is 6.62. The molecule has 0 fully saturated rings. The van der Waals surface area contributed by atoms with Gasteiger partial charge in [0.1, 0.15) is 5.58 Å². The fraction of sp³-hybridized carbons (Fsp3) is 0.360. The van der Waals surface area contributed by atoms with E-state index in [4.69, 9.17) is 4.42 Å². The zero-order valence-electron chi connectivity index (χ0n) is 19.4. The van der Waals surface area contributed by atoms with E-state index in [0.717, 1.165) is 40.7 Å². The Hall–Kier alpha value is -2.91. The van der Waals surface area contributed by atoms with Gasteiger partial charge in [0, 0.05) is 47.8 Å². The molecule has 0 radical (unpaired) electrons. The van der Waals surface area contributed by atoms with Crippen LogP contribution in [0.5, 0.6) is 0 Å². The van der Waals surface area contributed by atoms with Crippen molar-refractivity contribution in [1.29, 1.82) is 0 Å². The van der Waals surface area contributed by atoms with Gasteiger partial charge in [0.2, 0.25) is 5.91 Å². The van der Waals surface area contributed by atoms with E-state index in [2.05, 4.69) is 28.5 Å². The van der Waals surface area contributed by atoms with Crippen molar-refractivity contribution in [3.8, 4) is 10.7 Å². The molecule has 34 heavy (non-hydrogen) atoms. The van der Waals surface area contributed by atoms with Crippen LogP contribution < -0.4 is 10.9 Å². The predicted molar refractivity (Wildman–Crippen MR) is 136 cm³/mol. The molecule has 3 heterocycles. The topological polar surface area (TPSA) is 90.0 Å². The van der Waals surface area contributed by atoms with Crippen molar-refractivity contribution in [2.24, 2.45) is 13.0 Å². The maximum atomic E-state index is 12.2. The highest BCUT2D eigenvalue weighted by molar-refractivity contribution is 7.98. The molecule has 1 N–H and O–H groups in total. The van der Waals surface area contributed by atoms with Crippen LogP contribution in [0.2, 0.25) is 0 Å². The zero-order chi connectivity index (χ0) is 23.8. The number of aryl methyl sites for hydroxylation is 1. The smallest absolute Gasteiger partial charge is 0.336 e. The first-order valence-electron chi connectivity index (χ1n) is 11.4. The third kappa shape index (κ3) is 4.54. The highest BCUT2D eigenvalue weighted by Gasteiger charge is 2.22. The van der Waals surface area contributed by atoms with Crippen molar-refractivity contribution in [2.75, 3.05) is 5.32 Å². The Kier molecular flexibility index (Phi) is 6.31. The summed E-state index contributed by atoms with van der Waals surface area (Å²) in [4.78, 5) is 26.1. The Bertz CT molecular complexity index is 1440. The van der Waals surface area contributed by atoms with Gasteiger partial charge in [0.05, 0.1) is 4.88 Å². The minimum atomic E-state index is -0.420. The van der Waals surface area contributed by atoms with Crippen LogP contribution in [-0.2, 0) is 30.4 Å². The normalized spacial score (nSPS) is 15.4. The van der Waals surface area contributed by atoms with Crippen molar-refractivity contribution < 1.29 is 9.21 Å². The van der Waals surface area contributed by atoms with E-state index in [-0.39, 0.29) is 5.91 Å². The van der Waals surface area contributed by atoms with Gasteiger partial charge in [-0.3, -0.25) is 4.79 Å². The van der Waals surface area contributed by atoms with Gasteiger partial charge in [-0.2, -0.15) is 0 Å². The van der Waals surface area contributed by atoms with Crippen molar-refractivity contribution in [3.63, 3.8) is 0 Å². The predicted octanol–water partition coefficient (Wildman–Crippen LogP) is 5.42. The Morgan fingerprint density at radius 2 is 2.15 bits per heavy atom. The van der Waals surface area contributed by atoms with Crippen molar-refractivity contribution in [2.45, 2.75) is 50.4 Å². The summed E-state index contributed by atoms with van der Waals surface area (Å²) in [6.45, 7) is 3.72. The van der Waals surface area contributed by atoms with Crippen LogP contribution in [-0.4, -0.2) is 20.7 Å². The molecule has 0 saturated carbocycles. The third-order valence-electron chi connectivity index (χ3n) is 6.32. The number of benzene rings is 1. The number of anilines is 1. The molecule has 1 amide bonds. The number of amides is 1. The quantitative estimate of drug-likeness (QED) is 0.285. The second kappa shape index (κ2) is 9.38. The Morgan fingerprint density at radius 1 is 1.29 bits per heavy atom. The molecule has 4 aromatic rings. The van der Waals surface area contributed by atoms with Gasteiger partial charge in [-0.25, -0.2) is 4.79 Å². The average Bonchev–Trinajstić information content (AvgIpc) is 3.38. The summed E-state index contributed by atoms with van der Waals surface area (Å²) in [5, 5.41) is 13.3. The number of aromatic nitrogens is 3. The molecule has 1 aliphatic carbocycles. The number of thiophene rings is 1. The molecule has 7 nitrogen and oxygen atoms in total. The minimum absolute atomic E-state index is 0.178. The first kappa shape index (κ1) is 22.9. The second-order valence-corrected chi connectivity index (χ2v) is 10.8. The first-order chi connectivity index (χ1) is 16.4. The van der Waals surface area contributed by atoms with Crippen molar-refractivity contribution in [1.82, 2.24) is 14.8 Å². The lowest BCUT2D eigenvalue weighted by Crippen LogP contribution is -2.10. The zero-order valence-corrected chi connectivity index (χ0v) is 21.0. The number of rotatable bonds is 6. The number of carbonyl (C=O) groups excluding carboxylic acids is 1. The molecule has 1 aliphatic rings. The summed E-state index contributed by atoms with van der Waals surface area (Å²) in [5.41, 5.74) is 2.94. The summed E-state index contributed by atoms with van der Waals surface area (Å²) < 4.78 is 7.40. The summed E-state index contributed by atoms with van der Waals surface area (Å²) in [6, 6.07) is 9.15. The summed E-state index contributed by atoms with van der Waals surface area (Å²) in [6.07, 6.45) is 4.82. The van der Waals surface area contributed by atoms with Crippen LogP contribution in [0.15, 0.2) is 44.7 Å². The third-order valence-corrected chi connectivity index (χ3v) is 8.63. The second-order valence-electron chi connectivity index (χ2n) is 8.71. The van der Waals surface area contributed by atoms with E-state index in [0.29, 0.717) is 17.0 Å². The molecule has 9 heteroatoms. The molecule has 1 atom stereocenters. The largest absolute Gasteiger partial charge is 0.423 e. The molecule has 3 aromatic heterocycles. The highest BCUT2D eigenvalue weighted by atomic mass is 32.2. The van der Waals surface area contributed by atoms with E-state index < -0.39 is 5.63 Å². The minimum Gasteiger partial charge on any atom is -0.423 e. The average molecular weight is 495 g/mol.